The first kappa shape index (κ1) is 16.0. The number of rotatable bonds is 6. The van der Waals surface area contributed by atoms with Crippen LogP contribution < -0.4 is 16.4 Å². The molecule has 2 rings (SSSR count). The van der Waals surface area contributed by atoms with Gasteiger partial charge in [0.25, 0.3) is 5.91 Å². The number of aliphatic imine (C=N–C) groups is 1. The van der Waals surface area contributed by atoms with Gasteiger partial charge < -0.3 is 20.8 Å². The Bertz CT molecular complexity index is 662. The summed E-state index contributed by atoms with van der Waals surface area (Å²) in [6.45, 7) is 3.14. The summed E-state index contributed by atoms with van der Waals surface area (Å²) in [5.74, 6) is 0.849. The Labute approximate surface area is 132 Å². The van der Waals surface area contributed by atoms with Crippen LogP contribution in [0.1, 0.15) is 27.0 Å². The van der Waals surface area contributed by atoms with E-state index in [4.69, 9.17) is 10.2 Å². The first-order valence-corrected chi connectivity index (χ1v) is 7.70. The number of amides is 1. The second-order valence-electron chi connectivity index (χ2n) is 4.59. The fourth-order valence-electron chi connectivity index (χ4n) is 1.83. The topological polar surface area (TPSA) is 106 Å². The van der Waals surface area contributed by atoms with Gasteiger partial charge in [0.1, 0.15) is 5.76 Å². The monoisotopic (exact) mass is 321 g/mol. The highest BCUT2D eigenvalue weighted by Crippen LogP contribution is 2.08. The molecule has 0 aliphatic heterocycles. The van der Waals surface area contributed by atoms with Crippen molar-refractivity contribution in [1.29, 1.82) is 0 Å². The Balaban J connectivity index is 1.76. The van der Waals surface area contributed by atoms with Crippen molar-refractivity contribution in [2.45, 2.75) is 19.9 Å². The minimum absolute atomic E-state index is 0.152. The van der Waals surface area contributed by atoms with Crippen LogP contribution in [0.5, 0.6) is 0 Å². The molecule has 22 heavy (non-hydrogen) atoms. The predicted octanol–water partition coefficient (Wildman–Crippen LogP) is 1.05. The minimum Gasteiger partial charge on any atom is -0.454 e. The Morgan fingerprint density at radius 1 is 1.45 bits per heavy atom. The summed E-state index contributed by atoms with van der Waals surface area (Å²) >= 11 is 1.65. The van der Waals surface area contributed by atoms with Crippen molar-refractivity contribution < 1.29 is 9.21 Å². The number of nitrogens with two attached hydrogens (primary N) is 1. The molecule has 2 heterocycles. The number of aryl methyl sites for hydroxylation is 1. The van der Waals surface area contributed by atoms with Crippen molar-refractivity contribution in [2.24, 2.45) is 10.7 Å². The van der Waals surface area contributed by atoms with Crippen LogP contribution in [0.15, 0.2) is 26.9 Å². The predicted molar refractivity (Wildman–Crippen MR) is 86.0 cm³/mol. The summed E-state index contributed by atoms with van der Waals surface area (Å²) in [6.07, 6.45) is 0.831. The van der Waals surface area contributed by atoms with Crippen LogP contribution in [0.4, 0.5) is 0 Å². The summed E-state index contributed by atoms with van der Waals surface area (Å²) in [7, 11) is 1.69. The molecule has 0 saturated carbocycles. The van der Waals surface area contributed by atoms with Crippen LogP contribution in [0.25, 0.3) is 0 Å². The Morgan fingerprint density at radius 2 is 2.27 bits per heavy atom. The van der Waals surface area contributed by atoms with Crippen molar-refractivity contribution in [3.63, 3.8) is 0 Å². The number of guanidine groups is 1. The standard InChI is InChI=1S/C14H19N5O2S/c1-9-19-10(8-22-9)5-6-17-14(16-2)18-7-11-3-4-12(21-11)13(15)20/h3-4,8H,5-7H2,1-2H3,(H2,15,20)(H2,16,17,18). The fraction of sp³-hybridized carbons (Fsp3) is 0.357. The lowest BCUT2D eigenvalue weighted by molar-refractivity contribution is 0.0972. The van der Waals surface area contributed by atoms with Crippen LogP contribution in [-0.4, -0.2) is 30.4 Å². The quantitative estimate of drug-likeness (QED) is 0.545. The number of nitrogens with one attached hydrogen (secondary N) is 2. The van der Waals surface area contributed by atoms with E-state index in [2.05, 4.69) is 26.0 Å². The van der Waals surface area contributed by atoms with E-state index in [9.17, 15) is 4.79 Å². The molecule has 0 saturated heterocycles. The van der Waals surface area contributed by atoms with Crippen LogP contribution in [0.3, 0.4) is 0 Å². The number of thiazole rings is 1. The van der Waals surface area contributed by atoms with E-state index < -0.39 is 5.91 Å². The third-order valence-electron chi connectivity index (χ3n) is 2.90. The smallest absolute Gasteiger partial charge is 0.284 e. The van der Waals surface area contributed by atoms with Gasteiger partial charge in [0, 0.05) is 25.4 Å². The third-order valence-corrected chi connectivity index (χ3v) is 3.72. The van der Waals surface area contributed by atoms with Gasteiger partial charge in [-0.15, -0.1) is 11.3 Å². The van der Waals surface area contributed by atoms with E-state index in [0.29, 0.717) is 18.3 Å². The molecule has 0 aliphatic carbocycles. The number of furan rings is 1. The lowest BCUT2D eigenvalue weighted by Crippen LogP contribution is -2.37. The minimum atomic E-state index is -0.577. The van der Waals surface area contributed by atoms with Crippen molar-refractivity contribution in [3.8, 4) is 0 Å². The normalized spacial score (nSPS) is 11.5. The third kappa shape index (κ3) is 4.59. The number of aromatic nitrogens is 1. The summed E-state index contributed by atoms with van der Waals surface area (Å²) < 4.78 is 5.29. The molecule has 7 nitrogen and oxygen atoms in total. The SMILES string of the molecule is CN=C(NCCc1csc(C)n1)NCc1ccc(C(N)=O)o1. The largest absolute Gasteiger partial charge is 0.454 e. The summed E-state index contributed by atoms with van der Waals surface area (Å²) in [5, 5.41) is 9.43. The van der Waals surface area contributed by atoms with Crippen molar-refractivity contribution in [3.05, 3.63) is 39.7 Å². The first-order chi connectivity index (χ1) is 10.6. The molecule has 0 atom stereocenters. The maximum Gasteiger partial charge on any atom is 0.284 e. The lowest BCUT2D eigenvalue weighted by atomic mass is 10.3. The maximum atomic E-state index is 11.0. The molecule has 2 aromatic rings. The zero-order chi connectivity index (χ0) is 15.9. The van der Waals surface area contributed by atoms with Crippen molar-refractivity contribution in [1.82, 2.24) is 15.6 Å². The number of hydrogen-bond acceptors (Lipinski definition) is 5. The number of primary amides is 1. The number of nitrogens with zero attached hydrogens (tertiary/aromatic N) is 2. The Morgan fingerprint density at radius 3 is 2.86 bits per heavy atom. The van der Waals surface area contributed by atoms with E-state index in [1.165, 1.54) is 0 Å². The lowest BCUT2D eigenvalue weighted by Gasteiger charge is -2.10. The van der Waals surface area contributed by atoms with Gasteiger partial charge >= 0.3 is 0 Å². The van der Waals surface area contributed by atoms with Crippen LogP contribution in [-0.2, 0) is 13.0 Å². The molecule has 8 heteroatoms. The zero-order valence-electron chi connectivity index (χ0n) is 12.5. The molecular formula is C14H19N5O2S. The molecule has 0 spiro atoms. The number of carbonyl (C=O) groups excluding carboxylic acids is 1. The molecule has 0 aliphatic rings. The molecule has 0 aromatic carbocycles. The second kappa shape index (κ2) is 7.60. The molecule has 4 N–H and O–H groups in total. The average Bonchev–Trinajstić information content (AvgIpc) is 3.11. The number of hydrogen-bond donors (Lipinski definition) is 3. The van der Waals surface area contributed by atoms with Crippen LogP contribution >= 0.6 is 11.3 Å². The number of carbonyl (C=O) groups is 1. The van der Waals surface area contributed by atoms with Gasteiger partial charge in [-0.05, 0) is 19.1 Å². The molecule has 2 aromatic heterocycles. The van der Waals surface area contributed by atoms with Crippen molar-refractivity contribution in [2.75, 3.05) is 13.6 Å². The second-order valence-corrected chi connectivity index (χ2v) is 5.65. The highest BCUT2D eigenvalue weighted by Gasteiger charge is 2.07. The summed E-state index contributed by atoms with van der Waals surface area (Å²) in [6, 6.07) is 3.26. The average molecular weight is 321 g/mol. The molecule has 0 unspecified atom stereocenters. The van der Waals surface area contributed by atoms with Gasteiger partial charge in [-0.2, -0.15) is 0 Å². The zero-order valence-corrected chi connectivity index (χ0v) is 13.4. The first-order valence-electron chi connectivity index (χ1n) is 6.82. The van der Waals surface area contributed by atoms with Crippen molar-refractivity contribution >= 4 is 23.2 Å². The molecule has 0 fully saturated rings. The molecule has 0 radical (unpaired) electrons. The maximum absolute atomic E-state index is 11.0. The van der Waals surface area contributed by atoms with Gasteiger partial charge in [0.15, 0.2) is 11.7 Å². The summed E-state index contributed by atoms with van der Waals surface area (Å²) in [4.78, 5) is 19.5. The highest BCUT2D eigenvalue weighted by atomic mass is 32.1. The van der Waals surface area contributed by atoms with E-state index in [1.807, 2.05) is 6.92 Å². The molecular weight excluding hydrogens is 302 g/mol. The van der Waals surface area contributed by atoms with Gasteiger partial charge in [-0.1, -0.05) is 0 Å². The highest BCUT2D eigenvalue weighted by molar-refractivity contribution is 7.09. The van der Waals surface area contributed by atoms with Crippen LogP contribution in [0, 0.1) is 6.92 Å². The van der Waals surface area contributed by atoms with Gasteiger partial charge in [0.2, 0.25) is 0 Å². The van der Waals surface area contributed by atoms with E-state index >= 15 is 0 Å². The Kier molecular flexibility index (Phi) is 5.54. The van der Waals surface area contributed by atoms with Gasteiger partial charge in [0.05, 0.1) is 17.2 Å². The van der Waals surface area contributed by atoms with E-state index in [1.54, 1.807) is 30.5 Å². The molecule has 0 bridgehead atoms. The van der Waals surface area contributed by atoms with E-state index in [0.717, 1.165) is 23.7 Å². The Hall–Kier alpha value is -2.35. The summed E-state index contributed by atoms with van der Waals surface area (Å²) in [5.41, 5.74) is 6.21. The van der Waals surface area contributed by atoms with Gasteiger partial charge in [-0.3, -0.25) is 9.79 Å². The van der Waals surface area contributed by atoms with E-state index in [-0.39, 0.29) is 5.76 Å². The van der Waals surface area contributed by atoms with Crippen LogP contribution in [0.2, 0.25) is 0 Å². The fourth-order valence-corrected chi connectivity index (χ4v) is 2.48. The molecule has 118 valence electrons. The molecule has 1 amide bonds. The van der Waals surface area contributed by atoms with Gasteiger partial charge in [-0.25, -0.2) is 4.98 Å².